The van der Waals surface area contributed by atoms with Gasteiger partial charge in [-0.1, -0.05) is 27.7 Å². The van der Waals surface area contributed by atoms with E-state index < -0.39 is 134 Å². The van der Waals surface area contributed by atoms with Crippen molar-refractivity contribution in [1.82, 2.24) is 14.9 Å². The Morgan fingerprint density at radius 2 is 1.57 bits per heavy atom. The molecule has 21 heteroatoms. The van der Waals surface area contributed by atoms with E-state index in [-0.39, 0.29) is 44.7 Å². The van der Waals surface area contributed by atoms with Gasteiger partial charge >= 0.3 is 12.1 Å². The fourth-order valence-corrected chi connectivity index (χ4v) is 11.6. The van der Waals surface area contributed by atoms with Crippen LogP contribution in [0.2, 0.25) is 0 Å². The lowest BCUT2D eigenvalue weighted by Gasteiger charge is -2.53. The molecule has 1 aromatic carbocycles. The van der Waals surface area contributed by atoms with Crippen LogP contribution in [0, 0.1) is 17.8 Å². The van der Waals surface area contributed by atoms with Gasteiger partial charge in [0.25, 0.3) is 0 Å². The molecule has 0 unspecified atom stereocenters. The molecule has 0 radical (unpaired) electrons. The molecule has 0 bridgehead atoms. The van der Waals surface area contributed by atoms with Gasteiger partial charge in [0, 0.05) is 39.1 Å². The molecule has 68 heavy (non-hydrogen) atoms. The van der Waals surface area contributed by atoms with Gasteiger partial charge in [-0.15, -0.1) is 0 Å². The number of likely N-dealkylation sites (N-methyl/N-ethyl adjacent to an activating group) is 1. The second kappa shape index (κ2) is 22.8. The Balaban J connectivity index is 1.82. The number of aliphatic hydroxyl groups is 5. The predicted octanol–water partition coefficient (Wildman–Crippen LogP) is 3.71. The zero-order valence-electron chi connectivity index (χ0n) is 41.9. The van der Waals surface area contributed by atoms with Crippen molar-refractivity contribution in [2.75, 3.05) is 33.8 Å². The quantitative estimate of drug-likeness (QED) is 0.110. The highest BCUT2D eigenvalue weighted by Gasteiger charge is 2.58. The van der Waals surface area contributed by atoms with Gasteiger partial charge in [0.2, 0.25) is 10.0 Å². The minimum absolute atomic E-state index is 0.0118. The van der Waals surface area contributed by atoms with Gasteiger partial charge in [-0.3, -0.25) is 4.79 Å². The summed E-state index contributed by atoms with van der Waals surface area (Å²) in [5.74, 6) is -3.42. The average Bonchev–Trinajstić information content (AvgIpc) is 3.26. The Labute approximate surface area is 400 Å². The summed E-state index contributed by atoms with van der Waals surface area (Å²) in [6, 6.07) is 1.06. The van der Waals surface area contributed by atoms with Crippen LogP contribution in [0.5, 0.6) is 0 Å². The van der Waals surface area contributed by atoms with E-state index >= 15 is 0 Å². The van der Waals surface area contributed by atoms with Crippen molar-refractivity contribution < 1.29 is 80.3 Å². The maximum atomic E-state index is 14.5. The van der Waals surface area contributed by atoms with Gasteiger partial charge in [0.05, 0.1) is 52.4 Å². The Bertz CT molecular complexity index is 1900. The fourth-order valence-electron chi connectivity index (χ4n) is 10.2. The summed E-state index contributed by atoms with van der Waals surface area (Å²) < 4.78 is 107. The third-order valence-corrected chi connectivity index (χ3v) is 16.6. The smallest absolute Gasteiger partial charge is 0.416 e. The maximum absolute atomic E-state index is 14.5. The standard InChI is InChI=1S/C47H80F3N3O14S/c1-14-20-51-25-46(59)31(8)64-36(23-44(46,10)62-13)66-38-28(5)40(43(9,57)22-26(3)24-52-30(7)39(55)45(11,58)35(15-2)65-41(56)29(38)6)67-42-37(54)34(21-27(4)63-42)53(12)68(60,61)33-18-16-32(17-19-33)47(48,49)50/h16-19,26-31,34-40,42,51-52,54-55,57-59H,14-15,20-25H2,1-13H3/t26-,27-,28+,29-,30-,31+,34+,35-,36+,37-,38+,39-,40-,42+,43-,44-,45-,46+/m1/s1. The largest absolute Gasteiger partial charge is 0.459 e. The highest BCUT2D eigenvalue weighted by molar-refractivity contribution is 7.89. The molecule has 3 aliphatic heterocycles. The molecule has 0 saturated carbocycles. The molecule has 0 aromatic heterocycles. The van der Waals surface area contributed by atoms with Crippen molar-refractivity contribution in [2.45, 2.75) is 209 Å². The van der Waals surface area contributed by atoms with Crippen LogP contribution in [0.15, 0.2) is 29.2 Å². The Kier molecular flexibility index (Phi) is 19.6. The molecule has 0 amide bonds. The number of halogens is 3. The third kappa shape index (κ3) is 12.7. The first-order chi connectivity index (χ1) is 31.3. The average molecular weight is 1000 g/mol. The molecule has 0 spiro atoms. The first-order valence-corrected chi connectivity index (χ1v) is 25.3. The second-order valence-corrected chi connectivity index (χ2v) is 22.3. The lowest BCUT2D eigenvalue weighted by molar-refractivity contribution is -0.336. The highest BCUT2D eigenvalue weighted by atomic mass is 32.2. The molecule has 17 nitrogen and oxygen atoms in total. The first kappa shape index (κ1) is 58.5. The summed E-state index contributed by atoms with van der Waals surface area (Å²) in [6.45, 7) is 19.3. The maximum Gasteiger partial charge on any atom is 0.416 e. The van der Waals surface area contributed by atoms with Gasteiger partial charge in [-0.25, -0.2) is 8.42 Å². The normalized spacial score (nSPS) is 42.0. The third-order valence-electron chi connectivity index (χ3n) is 14.7. The lowest BCUT2D eigenvalue weighted by Crippen LogP contribution is -2.70. The number of carbonyl (C=O) groups is 1. The number of hydrogen-bond donors (Lipinski definition) is 7. The monoisotopic (exact) mass is 1000 g/mol. The van der Waals surface area contributed by atoms with Crippen LogP contribution >= 0.6 is 0 Å². The molecule has 0 aliphatic carbocycles. The number of carbonyl (C=O) groups excluding carboxylic acids is 1. The first-order valence-electron chi connectivity index (χ1n) is 23.8. The van der Waals surface area contributed by atoms with Crippen LogP contribution in [0.1, 0.15) is 114 Å². The Morgan fingerprint density at radius 1 is 0.956 bits per heavy atom. The van der Waals surface area contributed by atoms with Crippen molar-refractivity contribution in [3.63, 3.8) is 0 Å². The van der Waals surface area contributed by atoms with Crippen LogP contribution in [-0.2, 0) is 49.4 Å². The van der Waals surface area contributed by atoms with Gasteiger partial charge in [-0.2, -0.15) is 17.5 Å². The summed E-state index contributed by atoms with van der Waals surface area (Å²) in [7, 11) is -1.84. The van der Waals surface area contributed by atoms with Crippen LogP contribution in [0.4, 0.5) is 13.2 Å². The van der Waals surface area contributed by atoms with Crippen LogP contribution in [0.25, 0.3) is 0 Å². The van der Waals surface area contributed by atoms with Crippen LogP contribution in [-0.4, -0.2) is 168 Å². The van der Waals surface area contributed by atoms with Crippen molar-refractivity contribution in [1.29, 1.82) is 0 Å². The van der Waals surface area contributed by atoms with E-state index in [2.05, 4.69) is 10.6 Å². The lowest BCUT2D eigenvalue weighted by atomic mass is 9.75. The molecular formula is C47H80F3N3O14S. The molecule has 1 aromatic rings. The topological polar surface area (TPSA) is 235 Å². The zero-order chi connectivity index (χ0) is 51.5. The highest BCUT2D eigenvalue weighted by Crippen LogP contribution is 2.43. The molecule has 4 rings (SSSR count). The van der Waals surface area contributed by atoms with Crippen molar-refractivity contribution >= 4 is 16.0 Å². The van der Waals surface area contributed by atoms with Gasteiger partial charge in [-0.05, 0) is 117 Å². The number of esters is 1. The van der Waals surface area contributed by atoms with E-state index in [9.17, 15) is 51.9 Å². The summed E-state index contributed by atoms with van der Waals surface area (Å²) in [6.07, 6.45) is -15.2. The van der Waals surface area contributed by atoms with E-state index in [1.165, 1.54) is 34.9 Å². The number of aliphatic hydroxyl groups excluding tert-OH is 2. The van der Waals surface area contributed by atoms with E-state index in [0.29, 0.717) is 18.7 Å². The number of methoxy groups -OCH3 is 1. The minimum atomic E-state index is -4.70. The van der Waals surface area contributed by atoms with Crippen molar-refractivity contribution in [3.05, 3.63) is 29.8 Å². The molecule has 3 saturated heterocycles. The molecule has 3 fully saturated rings. The number of hydrogen-bond acceptors (Lipinski definition) is 16. The van der Waals surface area contributed by atoms with Gasteiger partial charge in [0.15, 0.2) is 12.6 Å². The summed E-state index contributed by atoms with van der Waals surface area (Å²) in [5, 5.41) is 66.5. The summed E-state index contributed by atoms with van der Waals surface area (Å²) >= 11 is 0. The Hall–Kier alpha value is -2.09. The second-order valence-electron chi connectivity index (χ2n) is 20.3. The molecule has 18 atom stereocenters. The van der Waals surface area contributed by atoms with E-state index in [1.807, 2.05) is 13.8 Å². The number of rotatable bonds is 13. The van der Waals surface area contributed by atoms with E-state index in [1.54, 1.807) is 41.5 Å². The van der Waals surface area contributed by atoms with Gasteiger partial charge < -0.3 is 64.6 Å². The zero-order valence-corrected chi connectivity index (χ0v) is 42.8. The number of sulfonamides is 1. The van der Waals surface area contributed by atoms with Crippen LogP contribution in [0.3, 0.4) is 0 Å². The number of ether oxygens (including phenoxy) is 6. The number of cyclic esters (lactones) is 1. The number of alkyl halides is 3. The Morgan fingerprint density at radius 3 is 2.13 bits per heavy atom. The molecular weight excluding hydrogens is 920 g/mol. The predicted molar refractivity (Wildman–Crippen MR) is 244 cm³/mol. The molecule has 394 valence electrons. The van der Waals surface area contributed by atoms with Gasteiger partial charge in [0.1, 0.15) is 35.1 Å². The van der Waals surface area contributed by atoms with Crippen molar-refractivity contribution in [2.24, 2.45) is 17.8 Å². The fraction of sp³-hybridized carbons (Fsp3) is 0.851. The van der Waals surface area contributed by atoms with E-state index in [0.717, 1.165) is 22.9 Å². The number of benzene rings is 1. The minimum Gasteiger partial charge on any atom is -0.459 e. The summed E-state index contributed by atoms with van der Waals surface area (Å²) in [5.41, 5.74) is -7.60. The van der Waals surface area contributed by atoms with Crippen LogP contribution < -0.4 is 10.6 Å². The molecule has 3 aliphatic rings. The molecule has 7 N–H and O–H groups in total. The number of nitrogens with zero attached hydrogens (tertiary/aromatic N) is 1. The SMILES string of the molecule is CCCNC[C@]1(O)[C@H](C)O[C@@H](O[C@H]2[C@H](C)[C@@H](O[C@@H]3O[C@H](C)C[C@H](N(C)S(=O)(=O)c4ccc(C(F)(F)F)cc4)[C@H]3O)[C@](C)(O)C[C@@H](C)CN[C@H](C)[C@@H](O)[C@](C)(O)[C@@H](CC)OC(=O)[C@@H]2C)C[C@@]1(C)OC. The summed E-state index contributed by atoms with van der Waals surface area (Å²) in [4.78, 5) is 14.0. The molecule has 3 heterocycles. The number of nitrogens with one attached hydrogen (secondary N) is 2. The van der Waals surface area contributed by atoms with Crippen molar-refractivity contribution in [3.8, 4) is 0 Å². The van der Waals surface area contributed by atoms with E-state index in [4.69, 9.17) is 28.4 Å².